The molecule has 0 aromatic heterocycles. The molecule has 0 atom stereocenters. The fourth-order valence-electron chi connectivity index (χ4n) is 2.56. The second-order valence-corrected chi connectivity index (χ2v) is 5.15. The zero-order valence-corrected chi connectivity index (χ0v) is 12.2. The first-order valence-corrected chi connectivity index (χ1v) is 6.93. The maximum absolute atomic E-state index is 11.3. The molecular weight excluding hydrogens is 284 g/mol. The van der Waals surface area contributed by atoms with Gasteiger partial charge in [0.1, 0.15) is 5.75 Å². The van der Waals surface area contributed by atoms with Gasteiger partial charge >= 0.3 is 0 Å². The Kier molecular flexibility index (Phi) is 3.63. The van der Waals surface area contributed by atoms with Gasteiger partial charge in [0, 0.05) is 16.0 Å². The van der Waals surface area contributed by atoms with Crippen LogP contribution in [0.2, 0.25) is 5.02 Å². The van der Waals surface area contributed by atoms with Crippen molar-refractivity contribution in [3.8, 4) is 16.9 Å². The minimum atomic E-state index is 0.554. The van der Waals surface area contributed by atoms with Gasteiger partial charge in [0.25, 0.3) is 0 Å². The zero-order valence-electron chi connectivity index (χ0n) is 11.5. The van der Waals surface area contributed by atoms with Crippen LogP contribution in [0.5, 0.6) is 5.75 Å². The Balaban J connectivity index is 2.34. The van der Waals surface area contributed by atoms with Crippen molar-refractivity contribution in [1.82, 2.24) is 0 Å². The van der Waals surface area contributed by atoms with Gasteiger partial charge in [0.15, 0.2) is 6.29 Å². The molecule has 3 aromatic carbocycles. The highest BCUT2D eigenvalue weighted by Crippen LogP contribution is 2.36. The maximum atomic E-state index is 11.3. The lowest BCUT2D eigenvalue weighted by Gasteiger charge is -2.12. The van der Waals surface area contributed by atoms with Gasteiger partial charge in [-0.05, 0) is 34.7 Å². The highest BCUT2D eigenvalue weighted by molar-refractivity contribution is 6.31. The van der Waals surface area contributed by atoms with E-state index >= 15 is 0 Å². The lowest BCUT2D eigenvalue weighted by molar-refractivity contribution is 0.112. The quantitative estimate of drug-likeness (QED) is 0.637. The smallest absolute Gasteiger partial charge is 0.150 e. The molecule has 0 unspecified atom stereocenters. The van der Waals surface area contributed by atoms with Crippen LogP contribution in [0.1, 0.15) is 10.4 Å². The molecule has 0 aliphatic heterocycles. The van der Waals surface area contributed by atoms with Crippen LogP contribution in [-0.2, 0) is 0 Å². The molecule has 0 saturated heterocycles. The number of methoxy groups -OCH3 is 1. The summed E-state index contributed by atoms with van der Waals surface area (Å²) < 4.78 is 5.40. The molecule has 3 heteroatoms. The zero-order chi connectivity index (χ0) is 14.8. The molecule has 0 aliphatic carbocycles. The number of fused-ring (bicyclic) bond motifs is 1. The van der Waals surface area contributed by atoms with E-state index in [2.05, 4.69) is 0 Å². The number of carbonyl (C=O) groups is 1. The molecule has 0 saturated carbocycles. The Hall–Kier alpha value is -2.32. The molecule has 21 heavy (non-hydrogen) atoms. The number of aldehydes is 1. The average Bonchev–Trinajstić information content (AvgIpc) is 2.54. The third-order valence-corrected chi connectivity index (χ3v) is 3.77. The van der Waals surface area contributed by atoms with E-state index in [1.807, 2.05) is 42.5 Å². The lowest BCUT2D eigenvalue weighted by atomic mass is 9.94. The lowest BCUT2D eigenvalue weighted by Crippen LogP contribution is -1.91. The van der Waals surface area contributed by atoms with Gasteiger partial charge < -0.3 is 4.74 Å². The summed E-state index contributed by atoms with van der Waals surface area (Å²) in [5.74, 6) is 0.816. The topological polar surface area (TPSA) is 26.3 Å². The summed E-state index contributed by atoms with van der Waals surface area (Å²) in [7, 11) is 1.65. The summed E-state index contributed by atoms with van der Waals surface area (Å²) in [4.78, 5) is 11.3. The van der Waals surface area contributed by atoms with Gasteiger partial charge in [0.2, 0.25) is 0 Å². The molecule has 104 valence electrons. The highest BCUT2D eigenvalue weighted by Gasteiger charge is 2.11. The Morgan fingerprint density at radius 3 is 2.38 bits per heavy atom. The summed E-state index contributed by atoms with van der Waals surface area (Å²) in [5.41, 5.74) is 2.44. The molecule has 0 fully saturated rings. The van der Waals surface area contributed by atoms with E-state index in [1.165, 1.54) is 0 Å². The monoisotopic (exact) mass is 296 g/mol. The maximum Gasteiger partial charge on any atom is 0.150 e. The van der Waals surface area contributed by atoms with Crippen LogP contribution in [0, 0.1) is 0 Å². The van der Waals surface area contributed by atoms with E-state index in [-0.39, 0.29) is 0 Å². The van der Waals surface area contributed by atoms with E-state index in [0.717, 1.165) is 33.9 Å². The Labute approximate surface area is 127 Å². The summed E-state index contributed by atoms with van der Waals surface area (Å²) in [6, 6.07) is 17.2. The van der Waals surface area contributed by atoms with Gasteiger partial charge in [-0.1, -0.05) is 48.0 Å². The number of halogens is 1. The average molecular weight is 297 g/mol. The molecule has 3 aromatic rings. The second-order valence-electron chi connectivity index (χ2n) is 4.71. The van der Waals surface area contributed by atoms with Crippen molar-refractivity contribution in [2.45, 2.75) is 0 Å². The Morgan fingerprint density at radius 1 is 0.952 bits per heavy atom. The van der Waals surface area contributed by atoms with Crippen LogP contribution in [0.15, 0.2) is 54.6 Å². The van der Waals surface area contributed by atoms with E-state index in [1.54, 1.807) is 19.2 Å². The summed E-state index contributed by atoms with van der Waals surface area (Å²) in [6.07, 6.45) is 0.834. The fraction of sp³-hybridized carbons (Fsp3) is 0.0556. The van der Waals surface area contributed by atoms with Crippen LogP contribution in [0.3, 0.4) is 0 Å². The number of hydrogen-bond donors (Lipinski definition) is 0. The van der Waals surface area contributed by atoms with Gasteiger partial charge in [0.05, 0.1) is 7.11 Å². The van der Waals surface area contributed by atoms with Crippen molar-refractivity contribution in [3.05, 3.63) is 65.2 Å². The van der Waals surface area contributed by atoms with Crippen molar-refractivity contribution in [2.75, 3.05) is 7.11 Å². The second kappa shape index (κ2) is 5.58. The summed E-state index contributed by atoms with van der Waals surface area (Å²) in [5, 5.41) is 2.62. The van der Waals surface area contributed by atoms with Gasteiger partial charge in [-0.3, -0.25) is 4.79 Å². The molecule has 0 N–H and O–H groups in total. The molecule has 0 spiro atoms. The summed E-state index contributed by atoms with van der Waals surface area (Å²) in [6.45, 7) is 0. The number of hydrogen-bond acceptors (Lipinski definition) is 2. The number of benzene rings is 3. The van der Waals surface area contributed by atoms with Gasteiger partial charge in [-0.2, -0.15) is 0 Å². The molecule has 0 amide bonds. The van der Waals surface area contributed by atoms with Crippen LogP contribution < -0.4 is 4.74 Å². The normalized spacial score (nSPS) is 10.6. The van der Waals surface area contributed by atoms with Gasteiger partial charge in [-0.25, -0.2) is 0 Å². The third-order valence-electron chi connectivity index (χ3n) is 3.53. The Bertz CT molecular complexity index is 825. The van der Waals surface area contributed by atoms with Crippen molar-refractivity contribution < 1.29 is 9.53 Å². The first-order valence-electron chi connectivity index (χ1n) is 6.55. The van der Waals surface area contributed by atoms with Crippen molar-refractivity contribution in [1.29, 1.82) is 0 Å². The van der Waals surface area contributed by atoms with E-state index in [0.29, 0.717) is 10.6 Å². The van der Waals surface area contributed by atoms with E-state index in [4.69, 9.17) is 16.3 Å². The molecule has 2 nitrogen and oxygen atoms in total. The van der Waals surface area contributed by atoms with Crippen molar-refractivity contribution in [2.24, 2.45) is 0 Å². The van der Waals surface area contributed by atoms with Gasteiger partial charge in [-0.15, -0.1) is 0 Å². The minimum absolute atomic E-state index is 0.554. The molecule has 0 radical (unpaired) electrons. The number of ether oxygens (including phenoxy) is 1. The standard InChI is InChI=1S/C18H13ClO2/c1-21-18-9-8-16(15-4-2-3-5-17(15)18)14-7-6-13(19)10-12(14)11-20/h2-11H,1H3. The molecule has 0 aliphatic rings. The SMILES string of the molecule is COc1ccc(-c2ccc(Cl)cc2C=O)c2ccccc12. The number of rotatable bonds is 3. The minimum Gasteiger partial charge on any atom is -0.496 e. The Morgan fingerprint density at radius 2 is 1.67 bits per heavy atom. The molecule has 3 rings (SSSR count). The molecule has 0 heterocycles. The van der Waals surface area contributed by atoms with Crippen LogP contribution in [0.25, 0.3) is 21.9 Å². The first-order chi connectivity index (χ1) is 10.2. The molecular formula is C18H13ClO2. The van der Waals surface area contributed by atoms with Crippen LogP contribution >= 0.6 is 11.6 Å². The third kappa shape index (κ3) is 2.39. The fourth-order valence-corrected chi connectivity index (χ4v) is 2.74. The van der Waals surface area contributed by atoms with Crippen molar-refractivity contribution >= 4 is 28.7 Å². The summed E-state index contributed by atoms with van der Waals surface area (Å²) >= 11 is 5.97. The van der Waals surface area contributed by atoms with Crippen LogP contribution in [0.4, 0.5) is 0 Å². The number of carbonyl (C=O) groups excluding carboxylic acids is 1. The van der Waals surface area contributed by atoms with Crippen LogP contribution in [-0.4, -0.2) is 13.4 Å². The van der Waals surface area contributed by atoms with E-state index < -0.39 is 0 Å². The largest absolute Gasteiger partial charge is 0.496 e. The predicted molar refractivity (Wildman–Crippen MR) is 86.3 cm³/mol. The van der Waals surface area contributed by atoms with Crippen molar-refractivity contribution in [3.63, 3.8) is 0 Å². The predicted octanol–water partition coefficient (Wildman–Crippen LogP) is 4.98. The van der Waals surface area contributed by atoms with E-state index in [9.17, 15) is 4.79 Å². The first kappa shape index (κ1) is 13.7. The molecule has 0 bridgehead atoms. The highest BCUT2D eigenvalue weighted by atomic mass is 35.5.